The van der Waals surface area contributed by atoms with Gasteiger partial charge in [-0.1, -0.05) is 13.8 Å². The lowest BCUT2D eigenvalue weighted by molar-refractivity contribution is 0.0490. The fraction of sp³-hybridized carbons (Fsp3) is 0.923. The van der Waals surface area contributed by atoms with E-state index in [1.807, 2.05) is 20.8 Å². The highest BCUT2D eigenvalue weighted by atomic mass is 16.6. The molecule has 1 unspecified atom stereocenters. The maximum atomic E-state index is 11.7. The summed E-state index contributed by atoms with van der Waals surface area (Å²) >= 11 is 0. The van der Waals surface area contributed by atoms with E-state index in [-0.39, 0.29) is 12.1 Å². The Morgan fingerprint density at radius 2 is 1.94 bits per heavy atom. The molecule has 1 fully saturated rings. The van der Waals surface area contributed by atoms with Crippen molar-refractivity contribution >= 4 is 6.09 Å². The van der Waals surface area contributed by atoms with Crippen LogP contribution in [0.25, 0.3) is 0 Å². The minimum Gasteiger partial charge on any atom is -0.444 e. The first kappa shape index (κ1) is 14.3. The molecule has 0 heterocycles. The topological polar surface area (TPSA) is 50.4 Å². The first-order valence-corrected chi connectivity index (χ1v) is 6.51. The van der Waals surface area contributed by atoms with E-state index in [0.29, 0.717) is 12.0 Å². The summed E-state index contributed by atoms with van der Waals surface area (Å²) in [6.07, 6.45) is 2.20. The Kier molecular flexibility index (Phi) is 4.80. The van der Waals surface area contributed by atoms with Crippen molar-refractivity contribution < 1.29 is 9.53 Å². The van der Waals surface area contributed by atoms with Crippen LogP contribution in [0.1, 0.15) is 47.5 Å². The third kappa shape index (κ3) is 6.51. The van der Waals surface area contributed by atoms with Crippen molar-refractivity contribution in [2.75, 3.05) is 6.54 Å². The maximum Gasteiger partial charge on any atom is 0.407 e. The van der Waals surface area contributed by atoms with Crippen LogP contribution in [0.3, 0.4) is 0 Å². The molecule has 1 amide bonds. The molecule has 17 heavy (non-hydrogen) atoms. The first-order chi connectivity index (χ1) is 7.78. The number of ether oxygens (including phenoxy) is 1. The third-order valence-electron chi connectivity index (χ3n) is 2.71. The lowest BCUT2D eigenvalue weighted by Gasteiger charge is -2.26. The van der Waals surface area contributed by atoms with Gasteiger partial charge in [0.05, 0.1) is 0 Å². The van der Waals surface area contributed by atoms with E-state index in [2.05, 4.69) is 24.5 Å². The minimum absolute atomic E-state index is 0.130. The van der Waals surface area contributed by atoms with Gasteiger partial charge in [0.25, 0.3) is 0 Å². The molecule has 0 aromatic heterocycles. The van der Waals surface area contributed by atoms with Crippen LogP contribution in [0.15, 0.2) is 0 Å². The van der Waals surface area contributed by atoms with Crippen LogP contribution in [-0.4, -0.2) is 30.3 Å². The predicted molar refractivity (Wildman–Crippen MR) is 69.0 cm³/mol. The highest BCUT2D eigenvalue weighted by Gasteiger charge is 2.25. The fourth-order valence-corrected chi connectivity index (χ4v) is 1.49. The molecule has 100 valence electrons. The standard InChI is InChI=1S/C13H26N2O2/c1-9(2)11(8-14-10-6-7-10)15-12(16)17-13(3,4)5/h9-11,14H,6-8H2,1-5H3,(H,15,16). The average Bonchev–Trinajstić information content (AvgIpc) is 2.91. The summed E-state index contributed by atoms with van der Waals surface area (Å²) in [6, 6.07) is 0.794. The highest BCUT2D eigenvalue weighted by Crippen LogP contribution is 2.18. The molecule has 1 rings (SSSR count). The molecule has 0 aliphatic heterocycles. The molecule has 0 spiro atoms. The first-order valence-electron chi connectivity index (χ1n) is 6.51. The molecule has 0 bridgehead atoms. The van der Waals surface area contributed by atoms with Crippen molar-refractivity contribution in [2.24, 2.45) is 5.92 Å². The number of nitrogens with one attached hydrogen (secondary N) is 2. The Morgan fingerprint density at radius 1 is 1.35 bits per heavy atom. The van der Waals surface area contributed by atoms with E-state index in [0.717, 1.165) is 6.54 Å². The van der Waals surface area contributed by atoms with Gasteiger partial charge in [-0.05, 0) is 39.5 Å². The fourth-order valence-electron chi connectivity index (χ4n) is 1.49. The van der Waals surface area contributed by atoms with Crippen LogP contribution in [0.5, 0.6) is 0 Å². The van der Waals surface area contributed by atoms with E-state index < -0.39 is 5.60 Å². The number of hydrogen-bond acceptors (Lipinski definition) is 3. The molecule has 4 nitrogen and oxygen atoms in total. The Bertz CT molecular complexity index is 255. The van der Waals surface area contributed by atoms with Gasteiger partial charge in [0, 0.05) is 18.6 Å². The predicted octanol–water partition coefficient (Wildman–Crippen LogP) is 2.29. The van der Waals surface area contributed by atoms with E-state index in [1.54, 1.807) is 0 Å². The molecule has 0 radical (unpaired) electrons. The van der Waals surface area contributed by atoms with E-state index in [1.165, 1.54) is 12.8 Å². The highest BCUT2D eigenvalue weighted by molar-refractivity contribution is 5.68. The van der Waals surface area contributed by atoms with Crippen LogP contribution < -0.4 is 10.6 Å². The summed E-state index contributed by atoms with van der Waals surface area (Å²) in [7, 11) is 0. The molecular weight excluding hydrogens is 216 g/mol. The van der Waals surface area contributed by atoms with Gasteiger partial charge in [0.15, 0.2) is 0 Å². The third-order valence-corrected chi connectivity index (χ3v) is 2.71. The van der Waals surface area contributed by atoms with Crippen molar-refractivity contribution in [3.63, 3.8) is 0 Å². The molecule has 2 N–H and O–H groups in total. The lowest BCUT2D eigenvalue weighted by atomic mass is 10.0. The van der Waals surface area contributed by atoms with Crippen LogP contribution >= 0.6 is 0 Å². The van der Waals surface area contributed by atoms with E-state index in [4.69, 9.17) is 4.74 Å². The molecule has 0 aromatic rings. The molecular formula is C13H26N2O2. The quantitative estimate of drug-likeness (QED) is 0.777. The Balaban J connectivity index is 2.33. The monoisotopic (exact) mass is 242 g/mol. The van der Waals surface area contributed by atoms with Gasteiger partial charge in [-0.15, -0.1) is 0 Å². The number of amides is 1. The van der Waals surface area contributed by atoms with Gasteiger partial charge < -0.3 is 15.4 Å². The van der Waals surface area contributed by atoms with E-state index >= 15 is 0 Å². The summed E-state index contributed by atoms with van der Waals surface area (Å²) in [5.74, 6) is 0.397. The molecule has 1 atom stereocenters. The molecule has 1 aliphatic rings. The average molecular weight is 242 g/mol. The molecule has 1 aliphatic carbocycles. The Morgan fingerprint density at radius 3 is 2.35 bits per heavy atom. The van der Waals surface area contributed by atoms with Gasteiger partial charge in [-0.25, -0.2) is 4.79 Å². The van der Waals surface area contributed by atoms with Crippen molar-refractivity contribution in [1.29, 1.82) is 0 Å². The van der Waals surface area contributed by atoms with Crippen LogP contribution in [-0.2, 0) is 4.74 Å². The smallest absolute Gasteiger partial charge is 0.407 e. The largest absolute Gasteiger partial charge is 0.444 e. The number of alkyl carbamates (subject to hydrolysis) is 1. The van der Waals surface area contributed by atoms with Gasteiger partial charge in [0.1, 0.15) is 5.60 Å². The lowest BCUT2D eigenvalue weighted by Crippen LogP contribution is -2.47. The van der Waals surface area contributed by atoms with Gasteiger partial charge in [-0.3, -0.25) is 0 Å². The normalized spacial score (nSPS) is 18.0. The Hall–Kier alpha value is -0.770. The second kappa shape index (κ2) is 5.71. The zero-order chi connectivity index (χ0) is 13.1. The van der Waals surface area contributed by atoms with Crippen LogP contribution in [0, 0.1) is 5.92 Å². The molecule has 0 saturated heterocycles. The number of carbonyl (C=O) groups is 1. The summed E-state index contributed by atoms with van der Waals surface area (Å²) in [5, 5.41) is 6.37. The van der Waals surface area contributed by atoms with Crippen molar-refractivity contribution in [3.05, 3.63) is 0 Å². The van der Waals surface area contributed by atoms with Crippen LogP contribution in [0.2, 0.25) is 0 Å². The van der Waals surface area contributed by atoms with Gasteiger partial charge >= 0.3 is 6.09 Å². The summed E-state index contributed by atoms with van der Waals surface area (Å²) in [4.78, 5) is 11.7. The molecule has 4 heteroatoms. The maximum absolute atomic E-state index is 11.7. The molecule has 0 aromatic carbocycles. The Labute approximate surface area is 104 Å². The van der Waals surface area contributed by atoms with Crippen molar-refractivity contribution in [2.45, 2.75) is 65.1 Å². The summed E-state index contributed by atoms with van der Waals surface area (Å²) < 4.78 is 5.26. The second-order valence-electron chi connectivity index (χ2n) is 6.18. The van der Waals surface area contributed by atoms with E-state index in [9.17, 15) is 4.79 Å². The van der Waals surface area contributed by atoms with Gasteiger partial charge in [0.2, 0.25) is 0 Å². The number of hydrogen-bond donors (Lipinski definition) is 2. The zero-order valence-corrected chi connectivity index (χ0v) is 11.7. The summed E-state index contributed by atoms with van der Waals surface area (Å²) in [5.41, 5.74) is -0.435. The number of carbonyl (C=O) groups excluding carboxylic acids is 1. The SMILES string of the molecule is CC(C)C(CNC1CC1)NC(=O)OC(C)(C)C. The van der Waals surface area contributed by atoms with Crippen molar-refractivity contribution in [1.82, 2.24) is 10.6 Å². The number of rotatable bonds is 5. The minimum atomic E-state index is -0.435. The summed E-state index contributed by atoms with van der Waals surface area (Å²) in [6.45, 7) is 10.7. The molecule has 1 saturated carbocycles. The van der Waals surface area contributed by atoms with Crippen molar-refractivity contribution in [3.8, 4) is 0 Å². The second-order valence-corrected chi connectivity index (χ2v) is 6.18. The van der Waals surface area contributed by atoms with Crippen LogP contribution in [0.4, 0.5) is 4.79 Å². The van der Waals surface area contributed by atoms with Gasteiger partial charge in [-0.2, -0.15) is 0 Å². The zero-order valence-electron chi connectivity index (χ0n) is 11.7.